The first-order chi connectivity index (χ1) is 12.0. The minimum atomic E-state index is -0.423. The smallest absolute Gasteiger partial charge is 0.355 e. The zero-order valence-corrected chi connectivity index (χ0v) is 15.8. The van der Waals surface area contributed by atoms with Crippen LogP contribution in [0.15, 0.2) is 18.2 Å². The molecule has 0 aliphatic rings. The maximum absolute atomic E-state index is 12.3. The van der Waals surface area contributed by atoms with Crippen LogP contribution in [0.2, 0.25) is 0 Å². The lowest BCUT2D eigenvalue weighted by atomic mass is 10.1. The fourth-order valence-electron chi connectivity index (χ4n) is 2.51. The third-order valence-electron chi connectivity index (χ3n) is 3.70. The molecule has 0 amide bonds. The molecule has 0 atom stereocenters. The third kappa shape index (κ3) is 4.27. The van der Waals surface area contributed by atoms with Crippen LogP contribution >= 0.6 is 0 Å². The third-order valence-corrected chi connectivity index (χ3v) is 4.68. The zero-order chi connectivity index (χ0) is 18.4. The zero-order valence-electron chi connectivity index (χ0n) is 15.0. The summed E-state index contributed by atoms with van der Waals surface area (Å²) in [6.45, 7) is 2.91. The van der Waals surface area contributed by atoms with Gasteiger partial charge < -0.3 is 18.8 Å². The number of nitriles is 1. The van der Waals surface area contributed by atoms with E-state index in [0.29, 0.717) is 39.9 Å². The molecule has 0 saturated carbocycles. The Morgan fingerprint density at radius 1 is 1.36 bits per heavy atom. The van der Waals surface area contributed by atoms with E-state index in [1.54, 1.807) is 29.7 Å². The lowest BCUT2D eigenvalue weighted by molar-refractivity contribution is 0.0479. The van der Waals surface area contributed by atoms with Gasteiger partial charge in [0.2, 0.25) is 0 Å². The van der Waals surface area contributed by atoms with Gasteiger partial charge in [-0.2, -0.15) is 5.26 Å². The van der Waals surface area contributed by atoms with Gasteiger partial charge in [0.1, 0.15) is 30.0 Å². The molecule has 25 heavy (non-hydrogen) atoms. The quantitative estimate of drug-likeness (QED) is 0.409. The van der Waals surface area contributed by atoms with Gasteiger partial charge in [0.05, 0.1) is 43.9 Å². The van der Waals surface area contributed by atoms with E-state index in [4.69, 9.17) is 14.2 Å². The SMILES string of the molecule is CCOC(=O)c1cc2c(OC)c(C#N)ccc2n1COCC[S+](C)C. The van der Waals surface area contributed by atoms with Crippen molar-refractivity contribution in [3.63, 3.8) is 0 Å². The molecular formula is C18H23N2O4S+. The highest BCUT2D eigenvalue weighted by Gasteiger charge is 2.20. The predicted octanol–water partition coefficient (Wildman–Crippen LogP) is 2.55. The number of rotatable bonds is 8. The summed E-state index contributed by atoms with van der Waals surface area (Å²) >= 11 is 0. The van der Waals surface area contributed by atoms with Gasteiger partial charge in [0.15, 0.2) is 0 Å². The van der Waals surface area contributed by atoms with Crippen LogP contribution in [0.4, 0.5) is 0 Å². The number of ether oxygens (including phenoxy) is 3. The average molecular weight is 363 g/mol. The second kappa shape index (κ2) is 8.79. The summed E-state index contributed by atoms with van der Waals surface area (Å²) in [6, 6.07) is 7.28. The molecule has 0 aliphatic heterocycles. The van der Waals surface area contributed by atoms with Crippen LogP contribution in [0.5, 0.6) is 5.75 Å². The van der Waals surface area contributed by atoms with Crippen molar-refractivity contribution in [2.75, 3.05) is 38.6 Å². The Balaban J connectivity index is 2.46. The van der Waals surface area contributed by atoms with Gasteiger partial charge in [-0.15, -0.1) is 0 Å². The van der Waals surface area contributed by atoms with Gasteiger partial charge in [-0.25, -0.2) is 4.79 Å². The van der Waals surface area contributed by atoms with E-state index in [1.807, 2.05) is 0 Å². The second-order valence-electron chi connectivity index (χ2n) is 5.60. The lowest BCUT2D eigenvalue weighted by Gasteiger charge is -2.11. The molecule has 1 heterocycles. The molecule has 0 saturated heterocycles. The van der Waals surface area contributed by atoms with E-state index in [9.17, 15) is 10.1 Å². The molecule has 7 heteroatoms. The van der Waals surface area contributed by atoms with Crippen molar-refractivity contribution in [3.8, 4) is 11.8 Å². The van der Waals surface area contributed by atoms with E-state index in [2.05, 4.69) is 18.6 Å². The molecule has 1 aromatic carbocycles. The number of hydrogen-bond donors (Lipinski definition) is 0. The second-order valence-corrected chi connectivity index (χ2v) is 7.98. The van der Waals surface area contributed by atoms with E-state index in [0.717, 1.165) is 11.3 Å². The minimum Gasteiger partial charge on any atom is -0.495 e. The minimum absolute atomic E-state index is 0.240. The summed E-state index contributed by atoms with van der Waals surface area (Å²) in [4.78, 5) is 12.3. The highest BCUT2D eigenvalue weighted by molar-refractivity contribution is 7.95. The summed E-state index contributed by atoms with van der Waals surface area (Å²) in [7, 11) is 1.81. The van der Waals surface area contributed by atoms with Crippen molar-refractivity contribution in [2.45, 2.75) is 13.7 Å². The van der Waals surface area contributed by atoms with Crippen LogP contribution in [-0.2, 0) is 27.1 Å². The summed E-state index contributed by atoms with van der Waals surface area (Å²) in [5.41, 5.74) is 1.58. The summed E-state index contributed by atoms with van der Waals surface area (Å²) in [5.74, 6) is 0.997. The number of carbonyl (C=O) groups is 1. The van der Waals surface area contributed by atoms with E-state index >= 15 is 0 Å². The number of nitrogens with zero attached hydrogens (tertiary/aromatic N) is 2. The number of methoxy groups -OCH3 is 1. The van der Waals surface area contributed by atoms with E-state index in [-0.39, 0.29) is 13.3 Å². The molecule has 0 radical (unpaired) electrons. The molecule has 0 unspecified atom stereocenters. The number of esters is 1. The topological polar surface area (TPSA) is 73.5 Å². The Morgan fingerprint density at radius 3 is 2.72 bits per heavy atom. The molecule has 0 aliphatic carbocycles. The number of aromatic nitrogens is 1. The molecule has 134 valence electrons. The average Bonchev–Trinajstić information content (AvgIpc) is 2.96. The fraction of sp³-hybridized carbons (Fsp3) is 0.444. The first-order valence-electron chi connectivity index (χ1n) is 7.92. The van der Waals surface area contributed by atoms with Crippen molar-refractivity contribution in [1.82, 2.24) is 4.57 Å². The highest BCUT2D eigenvalue weighted by atomic mass is 32.2. The molecule has 0 spiro atoms. The van der Waals surface area contributed by atoms with E-state index in [1.165, 1.54) is 7.11 Å². The van der Waals surface area contributed by atoms with Gasteiger partial charge in [0, 0.05) is 5.39 Å². The summed E-state index contributed by atoms with van der Waals surface area (Å²) in [6.07, 6.45) is 4.32. The summed E-state index contributed by atoms with van der Waals surface area (Å²) in [5, 5.41) is 9.94. The van der Waals surface area contributed by atoms with Gasteiger partial charge in [0.25, 0.3) is 0 Å². The Kier molecular flexibility index (Phi) is 6.73. The van der Waals surface area contributed by atoms with Gasteiger partial charge in [-0.1, -0.05) is 0 Å². The molecule has 0 fully saturated rings. The molecule has 0 bridgehead atoms. The van der Waals surface area contributed by atoms with Gasteiger partial charge in [-0.3, -0.25) is 0 Å². The Labute approximate surface area is 150 Å². The van der Waals surface area contributed by atoms with Crippen molar-refractivity contribution >= 4 is 27.8 Å². The van der Waals surface area contributed by atoms with E-state index < -0.39 is 5.97 Å². The van der Waals surface area contributed by atoms with Gasteiger partial charge >= 0.3 is 5.97 Å². The predicted molar refractivity (Wildman–Crippen MR) is 99.2 cm³/mol. The molecule has 2 rings (SSSR count). The molecule has 2 aromatic rings. The van der Waals surface area contributed by atoms with Crippen LogP contribution in [0.25, 0.3) is 10.9 Å². The maximum Gasteiger partial charge on any atom is 0.355 e. The monoisotopic (exact) mass is 363 g/mol. The van der Waals surface area contributed by atoms with Crippen LogP contribution in [-0.4, -0.2) is 49.1 Å². The molecule has 0 N–H and O–H groups in total. The first-order valence-corrected chi connectivity index (χ1v) is 10.1. The van der Waals surface area contributed by atoms with Crippen molar-refractivity contribution in [2.24, 2.45) is 0 Å². The van der Waals surface area contributed by atoms with Crippen molar-refractivity contribution in [1.29, 1.82) is 5.26 Å². The Morgan fingerprint density at radius 2 is 2.12 bits per heavy atom. The number of benzene rings is 1. The standard InChI is InChI=1S/C18H23N2O4S/c1-5-24-18(21)16-10-14-15(7-6-13(11-19)17(14)22-2)20(16)12-23-8-9-25(3)4/h6-7,10H,5,8-9,12H2,1-4H3/q+1. The lowest BCUT2D eigenvalue weighted by Crippen LogP contribution is -2.16. The molecular weight excluding hydrogens is 340 g/mol. The number of hydrogen-bond acceptors (Lipinski definition) is 5. The van der Waals surface area contributed by atoms with Crippen LogP contribution in [0, 0.1) is 11.3 Å². The Hall–Kier alpha value is -2.17. The first kappa shape index (κ1) is 19.2. The molecule has 1 aromatic heterocycles. The van der Waals surface area contributed by atoms with Crippen LogP contribution in [0.3, 0.4) is 0 Å². The largest absolute Gasteiger partial charge is 0.495 e. The molecule has 6 nitrogen and oxygen atoms in total. The summed E-state index contributed by atoms with van der Waals surface area (Å²) < 4.78 is 18.1. The fourth-order valence-corrected chi connectivity index (χ4v) is 2.96. The normalized spacial score (nSPS) is 10.9. The maximum atomic E-state index is 12.3. The van der Waals surface area contributed by atoms with Gasteiger partial charge in [-0.05, 0) is 36.0 Å². The number of carbonyl (C=O) groups excluding carboxylic acids is 1. The van der Waals surface area contributed by atoms with Crippen molar-refractivity contribution in [3.05, 3.63) is 29.5 Å². The van der Waals surface area contributed by atoms with Crippen LogP contribution < -0.4 is 4.74 Å². The van der Waals surface area contributed by atoms with Crippen molar-refractivity contribution < 1.29 is 19.0 Å². The van der Waals surface area contributed by atoms with Crippen LogP contribution in [0.1, 0.15) is 23.0 Å². The highest BCUT2D eigenvalue weighted by Crippen LogP contribution is 2.32. The Bertz CT molecular complexity index is 792. The number of fused-ring (bicyclic) bond motifs is 1.